The molecule has 4 nitrogen and oxygen atoms in total. The van der Waals surface area contributed by atoms with E-state index in [4.69, 9.17) is 11.6 Å². The first-order valence-electron chi connectivity index (χ1n) is 7.79. The second-order valence-corrected chi connectivity index (χ2v) is 6.43. The minimum absolute atomic E-state index is 0.151. The van der Waals surface area contributed by atoms with E-state index in [2.05, 4.69) is 10.2 Å². The van der Waals surface area contributed by atoms with Crippen LogP contribution in [0.2, 0.25) is 5.02 Å². The van der Waals surface area contributed by atoms with Crippen LogP contribution < -0.4 is 5.32 Å². The van der Waals surface area contributed by atoms with E-state index < -0.39 is 0 Å². The average Bonchev–Trinajstić information content (AvgIpc) is 3.04. The number of halogens is 2. The fraction of sp³-hybridized carbons (Fsp3) is 0.562. The van der Waals surface area contributed by atoms with Gasteiger partial charge in [-0.3, -0.25) is 9.69 Å². The van der Waals surface area contributed by atoms with E-state index >= 15 is 0 Å². The number of hydrogen-bond donors (Lipinski definition) is 1. The third kappa shape index (κ3) is 3.59. The Morgan fingerprint density at radius 2 is 2.09 bits per heavy atom. The maximum atomic E-state index is 13.1. The van der Waals surface area contributed by atoms with Crippen LogP contribution in [0.25, 0.3) is 0 Å². The third-order valence-electron chi connectivity index (χ3n) is 4.50. The van der Waals surface area contributed by atoms with Crippen molar-refractivity contribution in [1.29, 1.82) is 0 Å². The number of nitrogens with zero attached hydrogens (tertiary/aromatic N) is 2. The molecule has 1 atom stereocenters. The Kier molecular flexibility index (Phi) is 4.96. The quantitative estimate of drug-likeness (QED) is 0.919. The highest BCUT2D eigenvalue weighted by Crippen LogP contribution is 2.20. The number of piperazine rings is 1. The van der Waals surface area contributed by atoms with Crippen molar-refractivity contribution in [2.24, 2.45) is 5.92 Å². The van der Waals surface area contributed by atoms with Crippen LogP contribution in [0.3, 0.4) is 0 Å². The van der Waals surface area contributed by atoms with Gasteiger partial charge in [-0.15, -0.1) is 0 Å². The number of carbonyl (C=O) groups is 1. The van der Waals surface area contributed by atoms with Crippen molar-refractivity contribution in [2.45, 2.75) is 13.0 Å². The number of nitrogens with one attached hydrogen (secondary N) is 1. The van der Waals surface area contributed by atoms with Crippen LogP contribution in [0.4, 0.5) is 4.39 Å². The standard InChI is InChI=1S/C16H21ClFN3O/c17-15-9-14(18)2-1-13(15)11-20-5-7-21(8-6-20)16(22)12-3-4-19-10-12/h1-2,9,12,19H,3-8,10-11H2. The Balaban J connectivity index is 1.52. The Labute approximate surface area is 135 Å². The van der Waals surface area contributed by atoms with Crippen LogP contribution in [-0.2, 0) is 11.3 Å². The summed E-state index contributed by atoms with van der Waals surface area (Å²) in [4.78, 5) is 16.6. The highest BCUT2D eigenvalue weighted by molar-refractivity contribution is 6.31. The molecule has 0 radical (unpaired) electrons. The number of benzene rings is 1. The van der Waals surface area contributed by atoms with Crippen molar-refractivity contribution in [3.05, 3.63) is 34.6 Å². The second kappa shape index (κ2) is 6.94. The van der Waals surface area contributed by atoms with Gasteiger partial charge in [0.1, 0.15) is 5.82 Å². The minimum Gasteiger partial charge on any atom is -0.340 e. The summed E-state index contributed by atoms with van der Waals surface area (Å²) in [5, 5.41) is 3.71. The monoisotopic (exact) mass is 325 g/mol. The lowest BCUT2D eigenvalue weighted by molar-refractivity contribution is -0.136. The van der Waals surface area contributed by atoms with Crippen LogP contribution in [0.15, 0.2) is 18.2 Å². The van der Waals surface area contributed by atoms with Crippen LogP contribution in [0, 0.1) is 11.7 Å². The predicted octanol–water partition coefficient (Wildman–Crippen LogP) is 1.73. The zero-order chi connectivity index (χ0) is 15.5. The maximum absolute atomic E-state index is 13.1. The van der Waals surface area contributed by atoms with Gasteiger partial charge in [0, 0.05) is 44.3 Å². The fourth-order valence-electron chi connectivity index (χ4n) is 3.14. The van der Waals surface area contributed by atoms with Crippen LogP contribution in [0.1, 0.15) is 12.0 Å². The molecular formula is C16H21ClFN3O. The molecular weight excluding hydrogens is 305 g/mol. The first-order chi connectivity index (χ1) is 10.6. The van der Waals surface area contributed by atoms with Gasteiger partial charge in [0.05, 0.1) is 5.92 Å². The molecule has 6 heteroatoms. The molecule has 1 unspecified atom stereocenters. The number of amides is 1. The Bertz CT molecular complexity index is 540. The molecule has 0 spiro atoms. The molecule has 2 saturated heterocycles. The molecule has 1 aromatic carbocycles. The summed E-state index contributed by atoms with van der Waals surface area (Å²) in [6, 6.07) is 4.53. The van der Waals surface area contributed by atoms with Crippen LogP contribution in [-0.4, -0.2) is 55.0 Å². The number of hydrogen-bond acceptors (Lipinski definition) is 3. The van der Waals surface area contributed by atoms with Crippen molar-refractivity contribution in [3.63, 3.8) is 0 Å². The lowest BCUT2D eigenvalue weighted by Crippen LogP contribution is -2.50. The highest BCUT2D eigenvalue weighted by Gasteiger charge is 2.29. The molecule has 0 aromatic heterocycles. The van der Waals surface area contributed by atoms with Gasteiger partial charge in [-0.25, -0.2) is 4.39 Å². The average molecular weight is 326 g/mol. The Hall–Kier alpha value is -1.17. The second-order valence-electron chi connectivity index (χ2n) is 6.03. The van der Waals surface area contributed by atoms with E-state index in [9.17, 15) is 9.18 Å². The molecule has 120 valence electrons. The van der Waals surface area contributed by atoms with Gasteiger partial charge in [-0.2, -0.15) is 0 Å². The molecule has 2 fully saturated rings. The van der Waals surface area contributed by atoms with Gasteiger partial charge in [0.25, 0.3) is 0 Å². The fourth-order valence-corrected chi connectivity index (χ4v) is 3.37. The largest absolute Gasteiger partial charge is 0.340 e. The van der Waals surface area contributed by atoms with Crippen molar-refractivity contribution < 1.29 is 9.18 Å². The lowest BCUT2D eigenvalue weighted by Gasteiger charge is -2.36. The van der Waals surface area contributed by atoms with Gasteiger partial charge < -0.3 is 10.2 Å². The molecule has 0 bridgehead atoms. The van der Waals surface area contributed by atoms with E-state index in [0.29, 0.717) is 11.6 Å². The summed E-state index contributed by atoms with van der Waals surface area (Å²) in [5.41, 5.74) is 0.933. The molecule has 1 N–H and O–H groups in total. The summed E-state index contributed by atoms with van der Waals surface area (Å²) in [5.74, 6) is 0.122. The van der Waals surface area contributed by atoms with Gasteiger partial charge in [0.2, 0.25) is 5.91 Å². The third-order valence-corrected chi connectivity index (χ3v) is 4.85. The van der Waals surface area contributed by atoms with Crippen molar-refractivity contribution >= 4 is 17.5 Å². The minimum atomic E-state index is -0.311. The molecule has 3 rings (SSSR count). The van der Waals surface area contributed by atoms with E-state index in [1.54, 1.807) is 6.07 Å². The van der Waals surface area contributed by atoms with E-state index in [0.717, 1.165) is 51.3 Å². The zero-order valence-corrected chi connectivity index (χ0v) is 13.3. The first kappa shape index (κ1) is 15.7. The molecule has 2 heterocycles. The molecule has 22 heavy (non-hydrogen) atoms. The molecule has 2 aliphatic heterocycles. The van der Waals surface area contributed by atoms with Gasteiger partial charge in [-0.1, -0.05) is 17.7 Å². The lowest BCUT2D eigenvalue weighted by atomic mass is 10.1. The molecule has 0 aliphatic carbocycles. The summed E-state index contributed by atoms with van der Waals surface area (Å²) in [6.07, 6.45) is 0.949. The number of carbonyl (C=O) groups excluding carboxylic acids is 1. The molecule has 1 amide bonds. The van der Waals surface area contributed by atoms with E-state index in [1.807, 2.05) is 4.90 Å². The molecule has 2 aliphatic rings. The van der Waals surface area contributed by atoms with E-state index in [1.165, 1.54) is 12.1 Å². The van der Waals surface area contributed by atoms with Crippen molar-refractivity contribution in [2.75, 3.05) is 39.3 Å². The normalized spacial score (nSPS) is 23.0. The van der Waals surface area contributed by atoms with Crippen molar-refractivity contribution in [1.82, 2.24) is 15.1 Å². The maximum Gasteiger partial charge on any atom is 0.227 e. The summed E-state index contributed by atoms with van der Waals surface area (Å²) >= 11 is 6.08. The zero-order valence-electron chi connectivity index (χ0n) is 12.5. The highest BCUT2D eigenvalue weighted by atomic mass is 35.5. The van der Waals surface area contributed by atoms with Crippen LogP contribution in [0.5, 0.6) is 0 Å². The summed E-state index contributed by atoms with van der Waals surface area (Å²) in [7, 11) is 0. The predicted molar refractivity (Wildman–Crippen MR) is 84.2 cm³/mol. The van der Waals surface area contributed by atoms with Gasteiger partial charge in [0.15, 0.2) is 0 Å². The molecule has 1 aromatic rings. The first-order valence-corrected chi connectivity index (χ1v) is 8.17. The summed E-state index contributed by atoms with van der Waals surface area (Å²) in [6.45, 7) is 5.64. The van der Waals surface area contributed by atoms with Gasteiger partial charge in [-0.05, 0) is 30.7 Å². The summed E-state index contributed by atoms with van der Waals surface area (Å²) < 4.78 is 13.1. The number of rotatable bonds is 3. The SMILES string of the molecule is O=C(C1CCNC1)N1CCN(Cc2ccc(F)cc2Cl)CC1. The molecule has 0 saturated carbocycles. The topological polar surface area (TPSA) is 35.6 Å². The van der Waals surface area contributed by atoms with Gasteiger partial charge >= 0.3 is 0 Å². The van der Waals surface area contributed by atoms with Crippen LogP contribution >= 0.6 is 11.6 Å². The smallest absolute Gasteiger partial charge is 0.227 e. The van der Waals surface area contributed by atoms with Crippen molar-refractivity contribution in [3.8, 4) is 0 Å². The Morgan fingerprint density at radius 3 is 2.73 bits per heavy atom. The Morgan fingerprint density at radius 1 is 1.32 bits per heavy atom. The van der Waals surface area contributed by atoms with E-state index in [-0.39, 0.29) is 17.6 Å².